The molecule has 0 amide bonds. The number of rotatable bonds is 10. The van der Waals surface area contributed by atoms with Gasteiger partial charge in [0, 0.05) is 23.6 Å². The number of nitrogens with one attached hydrogen (secondary N) is 1. The second-order valence-electron chi connectivity index (χ2n) is 10.7. The third-order valence-corrected chi connectivity index (χ3v) is 9.46. The molecule has 270 valence electrons. The van der Waals surface area contributed by atoms with E-state index in [1.165, 1.54) is 0 Å². The van der Waals surface area contributed by atoms with Gasteiger partial charge in [-0.25, -0.2) is 13.9 Å². The number of aliphatic hydroxyl groups is 6. The largest absolute Gasteiger partial charge is 0.481 e. The van der Waals surface area contributed by atoms with Crippen molar-refractivity contribution < 1.29 is 72.8 Å². The number of aliphatic hydroxyl groups excluding tert-OH is 6. The van der Waals surface area contributed by atoms with E-state index in [0.717, 1.165) is 28.2 Å². The van der Waals surface area contributed by atoms with Crippen LogP contribution in [0.4, 0.5) is 11.4 Å². The van der Waals surface area contributed by atoms with Gasteiger partial charge in [-0.15, -0.1) is 0 Å². The highest BCUT2D eigenvalue weighted by atomic mass is 31.3. The SMILES string of the molecule is O=c1ccn([C@@H]2O[C@H](COP(=O)(O)OP(=O)(O)O)[C@@H](O)[C@H]2O)c(=O)[nH]1.OC[C@H]1OC(O)[C@H](N(c2ccccc2)c2ccccc2)[C@@H](O)[C@@H]1O. The van der Waals surface area contributed by atoms with Gasteiger partial charge in [-0.1, -0.05) is 36.4 Å². The maximum Gasteiger partial charge on any atom is 0.481 e. The number of para-hydroxylation sites is 2. The van der Waals surface area contributed by atoms with Gasteiger partial charge in [0.05, 0.1) is 13.2 Å². The highest BCUT2D eigenvalue weighted by Gasteiger charge is 2.47. The van der Waals surface area contributed by atoms with Crippen molar-refractivity contribution in [2.45, 2.75) is 55.2 Å². The number of ether oxygens (including phenoxy) is 2. The summed E-state index contributed by atoms with van der Waals surface area (Å²) in [5.41, 5.74) is -0.164. The molecule has 0 aliphatic carbocycles. The first-order valence-electron chi connectivity index (χ1n) is 14.3. The van der Waals surface area contributed by atoms with Crippen LogP contribution in [0.25, 0.3) is 0 Å². The van der Waals surface area contributed by atoms with Crippen molar-refractivity contribution in [1.29, 1.82) is 0 Å². The van der Waals surface area contributed by atoms with Gasteiger partial charge in [-0.05, 0) is 24.3 Å². The normalized spacial score (nSPS) is 29.8. The van der Waals surface area contributed by atoms with E-state index in [0.29, 0.717) is 0 Å². The lowest BCUT2D eigenvalue weighted by molar-refractivity contribution is -0.248. The fraction of sp³-hybridized carbons (Fsp3) is 0.407. The summed E-state index contributed by atoms with van der Waals surface area (Å²) < 4.78 is 40.9. The van der Waals surface area contributed by atoms with E-state index in [1.54, 1.807) is 4.90 Å². The number of anilines is 2. The number of aromatic nitrogens is 2. The summed E-state index contributed by atoms with van der Waals surface area (Å²) in [4.78, 5) is 52.4. The first kappa shape index (κ1) is 38.7. The Balaban J connectivity index is 0.000000221. The number of nitrogens with zero attached hydrogens (tertiary/aromatic N) is 2. The lowest BCUT2D eigenvalue weighted by Gasteiger charge is -2.46. The van der Waals surface area contributed by atoms with Crippen LogP contribution in [0.1, 0.15) is 6.23 Å². The molecule has 49 heavy (non-hydrogen) atoms. The van der Waals surface area contributed by atoms with Gasteiger partial charge in [0.15, 0.2) is 12.5 Å². The Kier molecular flexibility index (Phi) is 12.8. The molecule has 22 heteroatoms. The summed E-state index contributed by atoms with van der Waals surface area (Å²) in [5, 5.41) is 60.2. The third-order valence-electron chi connectivity index (χ3n) is 7.31. The van der Waals surface area contributed by atoms with E-state index in [-0.39, 0.29) is 0 Å². The maximum absolute atomic E-state index is 11.7. The van der Waals surface area contributed by atoms with Gasteiger partial charge in [-0.2, -0.15) is 4.31 Å². The highest BCUT2D eigenvalue weighted by molar-refractivity contribution is 7.60. The van der Waals surface area contributed by atoms with Crippen LogP contribution in [0.5, 0.6) is 0 Å². The zero-order valence-electron chi connectivity index (χ0n) is 25.1. The molecular formula is C27H35N3O17P2. The first-order valence-corrected chi connectivity index (χ1v) is 17.3. The van der Waals surface area contributed by atoms with Crippen LogP contribution in [-0.2, 0) is 27.4 Å². The zero-order chi connectivity index (χ0) is 36.1. The van der Waals surface area contributed by atoms with E-state index in [2.05, 4.69) is 8.83 Å². The monoisotopic (exact) mass is 735 g/mol. The van der Waals surface area contributed by atoms with Crippen molar-refractivity contribution in [2.75, 3.05) is 18.1 Å². The van der Waals surface area contributed by atoms with Crippen molar-refractivity contribution >= 4 is 27.0 Å². The molecule has 0 bridgehead atoms. The molecule has 3 heterocycles. The van der Waals surface area contributed by atoms with Crippen molar-refractivity contribution in [3.8, 4) is 0 Å². The fourth-order valence-electron chi connectivity index (χ4n) is 5.08. The molecule has 2 aliphatic rings. The Morgan fingerprint density at radius 1 is 0.776 bits per heavy atom. The number of phosphoric ester groups is 1. The van der Waals surface area contributed by atoms with Gasteiger partial charge in [0.2, 0.25) is 0 Å². The summed E-state index contributed by atoms with van der Waals surface area (Å²) in [6.07, 6.45) is -10.3. The minimum atomic E-state index is -5.32. The topological polar surface area (TPSA) is 311 Å². The molecule has 2 aliphatic heterocycles. The lowest BCUT2D eigenvalue weighted by Crippen LogP contribution is -2.63. The van der Waals surface area contributed by atoms with Gasteiger partial charge in [0.25, 0.3) is 5.56 Å². The quantitative estimate of drug-likeness (QED) is 0.101. The van der Waals surface area contributed by atoms with E-state index >= 15 is 0 Å². The third kappa shape index (κ3) is 9.77. The summed E-state index contributed by atoms with van der Waals surface area (Å²) >= 11 is 0. The van der Waals surface area contributed by atoms with Crippen LogP contribution in [0.2, 0.25) is 0 Å². The first-order chi connectivity index (χ1) is 23.0. The van der Waals surface area contributed by atoms with Crippen LogP contribution in [0, 0.1) is 0 Å². The summed E-state index contributed by atoms with van der Waals surface area (Å²) in [6, 6.07) is 18.5. The second-order valence-corrected chi connectivity index (χ2v) is 13.5. The van der Waals surface area contributed by atoms with Crippen molar-refractivity contribution in [3.05, 3.63) is 93.8 Å². The Labute approximate surface area is 276 Å². The Bertz CT molecular complexity index is 1680. The van der Waals surface area contributed by atoms with Crippen LogP contribution in [0.15, 0.2) is 82.5 Å². The van der Waals surface area contributed by atoms with Crippen molar-refractivity contribution in [2.24, 2.45) is 0 Å². The molecule has 1 aromatic heterocycles. The van der Waals surface area contributed by atoms with E-state index in [9.17, 15) is 49.4 Å². The number of H-pyrrole nitrogens is 1. The van der Waals surface area contributed by atoms with Crippen LogP contribution in [0.3, 0.4) is 0 Å². The Morgan fingerprint density at radius 3 is 1.84 bits per heavy atom. The zero-order valence-corrected chi connectivity index (χ0v) is 26.9. The molecule has 10 atom stereocenters. The molecule has 5 rings (SSSR count). The predicted octanol–water partition coefficient (Wildman–Crippen LogP) is -1.99. The predicted molar refractivity (Wildman–Crippen MR) is 165 cm³/mol. The Morgan fingerprint density at radius 2 is 1.33 bits per heavy atom. The minimum absolute atomic E-state index is 0.487. The molecule has 3 aromatic rings. The molecule has 20 nitrogen and oxygen atoms in total. The fourth-order valence-corrected chi connectivity index (χ4v) is 6.68. The molecule has 10 N–H and O–H groups in total. The van der Waals surface area contributed by atoms with Crippen molar-refractivity contribution in [3.63, 3.8) is 0 Å². The van der Waals surface area contributed by atoms with Crippen LogP contribution in [-0.4, -0.2) is 117 Å². The molecular weight excluding hydrogens is 700 g/mol. The summed E-state index contributed by atoms with van der Waals surface area (Å²) in [5.74, 6) is 0. The van der Waals surface area contributed by atoms with Gasteiger partial charge >= 0.3 is 21.3 Å². The van der Waals surface area contributed by atoms with Gasteiger partial charge in [0.1, 0.15) is 42.7 Å². The smallest absolute Gasteiger partial charge is 0.394 e. The van der Waals surface area contributed by atoms with Crippen LogP contribution >= 0.6 is 15.6 Å². The lowest BCUT2D eigenvalue weighted by atomic mass is 9.94. The van der Waals surface area contributed by atoms with Gasteiger partial charge < -0.3 is 59.7 Å². The number of hydrogen-bond acceptors (Lipinski definition) is 15. The van der Waals surface area contributed by atoms with Crippen molar-refractivity contribution in [1.82, 2.24) is 9.55 Å². The molecule has 0 radical (unpaired) electrons. The maximum atomic E-state index is 11.7. The number of phosphoric acid groups is 2. The molecule has 2 unspecified atom stereocenters. The van der Waals surface area contributed by atoms with Crippen LogP contribution < -0.4 is 16.1 Å². The standard InChI is InChI=1S/C18H21NO5.C9H14N2O12P2/c20-11-14-16(21)17(22)15(18(23)24-14)19(12-7-3-1-4-8-12)13-9-5-2-6-10-13;12-5-1-2-11(9(15)10-5)8-7(14)6(13)4(22-8)3-21-25(19,20)23-24(16,17)18/h1-10,14-18,20-23H,11H2;1-2,4,6-8,13-14H,3H2,(H,19,20)(H,10,12,15)(H2,16,17,18)/t14-,15-,16-,17-,18?;4-,6-,7-,8-/m11/s1. The molecule has 2 saturated heterocycles. The number of aromatic amines is 1. The average molecular weight is 736 g/mol. The molecule has 0 spiro atoms. The summed E-state index contributed by atoms with van der Waals surface area (Å²) in [6.45, 7) is -1.39. The Hall–Kier alpha value is -3.14. The highest BCUT2D eigenvalue weighted by Crippen LogP contribution is 2.57. The van der Waals surface area contributed by atoms with E-state index < -0.39 is 95.3 Å². The van der Waals surface area contributed by atoms with E-state index in [1.807, 2.05) is 65.6 Å². The average Bonchev–Trinajstić information content (AvgIpc) is 3.32. The minimum Gasteiger partial charge on any atom is -0.394 e. The molecule has 2 aromatic carbocycles. The van der Waals surface area contributed by atoms with Gasteiger partial charge in [-0.3, -0.25) is 18.9 Å². The number of hydrogen-bond donors (Lipinski definition) is 10. The summed E-state index contributed by atoms with van der Waals surface area (Å²) in [7, 11) is -10.5. The van der Waals surface area contributed by atoms with E-state index in [4.69, 9.17) is 24.2 Å². The number of benzene rings is 2. The molecule has 0 saturated carbocycles. The molecule has 2 fully saturated rings. The second kappa shape index (κ2) is 16.3.